The molecule has 0 aliphatic carbocycles. The topological polar surface area (TPSA) is 22.2 Å². The number of imidazole rings is 2. The molecule has 1 aliphatic heterocycles. The number of hydrogen-bond donors (Lipinski definition) is 0. The maximum absolute atomic E-state index is 9.01. The maximum Gasteiger partial charge on any atom is 0.220 e. The lowest BCUT2D eigenvalue weighted by molar-refractivity contribution is 0.608. The summed E-state index contributed by atoms with van der Waals surface area (Å²) in [6.07, 6.45) is 0. The van der Waals surface area contributed by atoms with Gasteiger partial charge in [-0.2, -0.15) is 0 Å². The molecule has 1 aliphatic rings. The second-order valence-electron chi connectivity index (χ2n) is 13.5. The molecule has 0 amide bonds. The Bertz CT molecular complexity index is 2840. The molecule has 3 nitrogen and oxygen atoms in total. The Balaban J connectivity index is 1.32. The molecule has 51 heavy (non-hydrogen) atoms. The number of hydrogen-bond acceptors (Lipinski definition) is 2. The van der Waals surface area contributed by atoms with Crippen LogP contribution < -0.4 is 20.7 Å². The van der Waals surface area contributed by atoms with Crippen molar-refractivity contribution < 1.29 is 4.11 Å². The van der Waals surface area contributed by atoms with Crippen molar-refractivity contribution in [2.24, 2.45) is 0 Å². The predicted octanol–water partition coefficient (Wildman–Crippen LogP) is 8.60. The van der Waals surface area contributed by atoms with E-state index in [1.54, 1.807) is 11.8 Å². The molecular formula is C46H35N3SSi. The van der Waals surface area contributed by atoms with Gasteiger partial charge in [-0.3, -0.25) is 8.97 Å². The van der Waals surface area contributed by atoms with Gasteiger partial charge in [0.05, 0.1) is 22.1 Å². The van der Waals surface area contributed by atoms with E-state index in [4.69, 9.17) is 9.10 Å². The van der Waals surface area contributed by atoms with Gasteiger partial charge in [-0.1, -0.05) is 159 Å². The van der Waals surface area contributed by atoms with Crippen LogP contribution in [0.4, 0.5) is 0 Å². The highest BCUT2D eigenvalue weighted by atomic mass is 32.2. The number of fused-ring (bicyclic) bond motifs is 7. The molecule has 0 saturated heterocycles. The molecule has 9 aromatic rings. The van der Waals surface area contributed by atoms with E-state index in [1.165, 1.54) is 20.7 Å². The third-order valence-electron chi connectivity index (χ3n) is 10.7. The average molecular weight is 693 g/mol. The predicted molar refractivity (Wildman–Crippen MR) is 216 cm³/mol. The van der Waals surface area contributed by atoms with Gasteiger partial charge in [0.25, 0.3) is 0 Å². The summed E-state index contributed by atoms with van der Waals surface area (Å²) < 4.78 is 31.6. The fourth-order valence-electron chi connectivity index (χ4n) is 8.39. The van der Waals surface area contributed by atoms with E-state index in [-0.39, 0.29) is 0 Å². The number of rotatable bonds is 5. The maximum atomic E-state index is 9.01. The second-order valence-corrected chi connectivity index (χ2v) is 18.3. The molecule has 0 saturated carbocycles. The van der Waals surface area contributed by atoms with Crippen molar-refractivity contribution in [3.8, 4) is 5.69 Å². The van der Waals surface area contributed by atoms with Crippen LogP contribution in [0, 0.1) is 0 Å². The van der Waals surface area contributed by atoms with E-state index < -0.39 is 20.3 Å². The minimum atomic E-state index is -3.18. The summed E-state index contributed by atoms with van der Waals surface area (Å²) in [5.41, 5.74) is 5.72. The number of benzene rings is 7. The van der Waals surface area contributed by atoms with E-state index in [9.17, 15) is 0 Å². The van der Waals surface area contributed by atoms with Gasteiger partial charge in [0.1, 0.15) is 0 Å². The first kappa shape index (κ1) is 27.1. The highest BCUT2D eigenvalue weighted by Gasteiger charge is 2.46. The molecule has 0 N–H and O–H groups in total. The van der Waals surface area contributed by atoms with Gasteiger partial charge in [-0.25, -0.2) is 4.98 Å². The quantitative estimate of drug-likeness (QED) is 0.133. The summed E-state index contributed by atoms with van der Waals surface area (Å²) in [5.74, 6) is 0.860. The first-order valence-corrected chi connectivity index (χ1v) is 20.1. The van der Waals surface area contributed by atoms with Crippen molar-refractivity contribution in [3.63, 3.8) is 0 Å². The molecule has 5 heteroatoms. The third kappa shape index (κ3) is 4.35. The SMILES string of the molecule is [2H]C([2H])([2H])C1(C)c2ccccc2Sc2c1cccc2[Si](c1ccccc1)(c1ccccc1)c1cccc(-n2c3ccccc3n3c4ccccc4nc23)c1. The Morgan fingerprint density at radius 1 is 0.588 bits per heavy atom. The Morgan fingerprint density at radius 3 is 1.96 bits per heavy atom. The van der Waals surface area contributed by atoms with Crippen molar-refractivity contribution in [2.45, 2.75) is 29.0 Å². The van der Waals surface area contributed by atoms with Crippen molar-refractivity contribution in [3.05, 3.63) is 187 Å². The van der Waals surface area contributed by atoms with E-state index in [1.807, 2.05) is 37.3 Å². The summed E-state index contributed by atoms with van der Waals surface area (Å²) in [7, 11) is -3.18. The van der Waals surface area contributed by atoms with Crippen LogP contribution in [-0.2, 0) is 5.41 Å². The van der Waals surface area contributed by atoms with Gasteiger partial charge in [0.15, 0.2) is 8.07 Å². The summed E-state index contributed by atoms with van der Waals surface area (Å²) in [6, 6.07) is 62.0. The van der Waals surface area contributed by atoms with Gasteiger partial charge in [0, 0.05) is 25.0 Å². The second kappa shape index (κ2) is 11.5. The van der Waals surface area contributed by atoms with Gasteiger partial charge < -0.3 is 0 Å². The third-order valence-corrected chi connectivity index (χ3v) is 16.9. The minimum absolute atomic E-state index is 0.851. The summed E-state index contributed by atoms with van der Waals surface area (Å²) >= 11 is 1.71. The lowest BCUT2D eigenvalue weighted by Gasteiger charge is -2.40. The molecule has 1 unspecified atom stereocenters. The highest BCUT2D eigenvalue weighted by molar-refractivity contribution is 7.99. The zero-order valence-corrected chi connectivity index (χ0v) is 29.8. The van der Waals surface area contributed by atoms with Gasteiger partial charge in [0.2, 0.25) is 5.78 Å². The van der Waals surface area contributed by atoms with Crippen LogP contribution >= 0.6 is 11.8 Å². The number of aromatic nitrogens is 3. The summed E-state index contributed by atoms with van der Waals surface area (Å²) in [6.45, 7) is -0.372. The number of nitrogens with zero attached hydrogens (tertiary/aromatic N) is 3. The Labute approximate surface area is 307 Å². The fraction of sp³-hybridized carbons (Fsp3) is 0.0652. The molecule has 0 spiro atoms. The van der Waals surface area contributed by atoms with E-state index in [0.29, 0.717) is 0 Å². The largest absolute Gasteiger partial charge is 0.278 e. The van der Waals surface area contributed by atoms with Crippen LogP contribution in [0.3, 0.4) is 0 Å². The number of para-hydroxylation sites is 4. The van der Waals surface area contributed by atoms with Gasteiger partial charge in [-0.05, 0) is 74.3 Å². The lowest BCUT2D eigenvalue weighted by Crippen LogP contribution is -2.75. The minimum Gasteiger partial charge on any atom is -0.278 e. The molecular weight excluding hydrogens is 655 g/mol. The molecule has 0 fully saturated rings. The molecule has 1 atom stereocenters. The van der Waals surface area contributed by atoms with E-state index >= 15 is 0 Å². The van der Waals surface area contributed by atoms with Crippen molar-refractivity contribution >= 4 is 68.4 Å². The van der Waals surface area contributed by atoms with Crippen molar-refractivity contribution in [1.82, 2.24) is 14.0 Å². The molecule has 244 valence electrons. The molecule has 2 aromatic heterocycles. The smallest absolute Gasteiger partial charge is 0.220 e. The average Bonchev–Trinajstić information content (AvgIpc) is 3.74. The zero-order chi connectivity index (χ0) is 36.7. The monoisotopic (exact) mass is 692 g/mol. The Hall–Kier alpha value is -5.62. The lowest BCUT2D eigenvalue weighted by atomic mass is 9.78. The first-order chi connectivity index (χ1) is 26.3. The van der Waals surface area contributed by atoms with Crippen molar-refractivity contribution in [1.29, 1.82) is 0 Å². The fourth-order valence-corrected chi connectivity index (χ4v) is 15.2. The molecule has 7 aromatic carbocycles. The van der Waals surface area contributed by atoms with Crippen molar-refractivity contribution in [2.75, 3.05) is 0 Å². The molecule has 10 rings (SSSR count). The standard InChI is InChI=1S/C46H35N3SSi/c1-46(2)36-23-9-14-29-42(36)50-44-37(46)24-16-30-43(44)51(33-18-5-3-6-19-33,34-20-7-4-8-21-34)35-22-15-17-32(31-35)48-40-27-12-13-28-41(40)49-39-26-11-10-25-38(39)47-45(48)49/h3-31H,1-2H3/i1D3. The molecule has 0 radical (unpaired) electrons. The summed E-state index contributed by atoms with van der Waals surface area (Å²) in [5, 5.41) is 4.84. The zero-order valence-electron chi connectivity index (χ0n) is 31.0. The first-order valence-electron chi connectivity index (χ1n) is 18.8. The van der Waals surface area contributed by atoms with Gasteiger partial charge >= 0.3 is 0 Å². The summed E-state index contributed by atoms with van der Waals surface area (Å²) in [4.78, 5) is 7.22. The van der Waals surface area contributed by atoms with Crippen LogP contribution in [0.5, 0.6) is 0 Å². The normalized spacial score (nSPS) is 16.8. The van der Waals surface area contributed by atoms with Crippen LogP contribution in [0.25, 0.3) is 33.5 Å². The molecule has 3 heterocycles. The Kier molecular flexibility index (Phi) is 6.10. The van der Waals surface area contributed by atoms with E-state index in [0.717, 1.165) is 54.4 Å². The van der Waals surface area contributed by atoms with Crippen LogP contribution in [-0.4, -0.2) is 22.0 Å². The molecule has 0 bridgehead atoms. The van der Waals surface area contributed by atoms with E-state index in [2.05, 4.69) is 155 Å². The highest BCUT2D eigenvalue weighted by Crippen LogP contribution is 2.48. The van der Waals surface area contributed by atoms with Crippen LogP contribution in [0.15, 0.2) is 186 Å². The van der Waals surface area contributed by atoms with Crippen LogP contribution in [0.2, 0.25) is 0 Å². The van der Waals surface area contributed by atoms with Gasteiger partial charge in [-0.15, -0.1) is 0 Å². The Morgan fingerprint density at radius 2 is 1.20 bits per heavy atom. The van der Waals surface area contributed by atoms with Crippen LogP contribution in [0.1, 0.15) is 29.0 Å².